The summed E-state index contributed by atoms with van der Waals surface area (Å²) in [6.07, 6.45) is 1.31. The Morgan fingerprint density at radius 2 is 1.57 bits per heavy atom. The van der Waals surface area contributed by atoms with Crippen molar-refractivity contribution < 1.29 is 18.0 Å². The summed E-state index contributed by atoms with van der Waals surface area (Å²) in [5, 5.41) is 3.96. The number of rotatable bonds is 11. The van der Waals surface area contributed by atoms with Crippen LogP contribution >= 0.6 is 34.8 Å². The fraction of sp³-hybridized carbons (Fsp3) is 0.417. The van der Waals surface area contributed by atoms with Crippen molar-refractivity contribution in [2.24, 2.45) is 5.92 Å². The summed E-state index contributed by atoms with van der Waals surface area (Å²) in [6.45, 7) is 5.55. The molecule has 0 aromatic heterocycles. The van der Waals surface area contributed by atoms with E-state index in [-0.39, 0.29) is 24.1 Å². The van der Waals surface area contributed by atoms with Gasteiger partial charge < -0.3 is 10.2 Å². The molecule has 35 heavy (non-hydrogen) atoms. The number of amides is 2. The molecule has 0 spiro atoms. The molecule has 11 heteroatoms. The number of sulfonamides is 1. The summed E-state index contributed by atoms with van der Waals surface area (Å²) in [7, 11) is -3.83. The van der Waals surface area contributed by atoms with Gasteiger partial charge in [-0.2, -0.15) is 0 Å². The highest BCUT2D eigenvalue weighted by Gasteiger charge is 2.32. The van der Waals surface area contributed by atoms with Gasteiger partial charge in [0.15, 0.2) is 0 Å². The number of carbonyl (C=O) groups excluding carboxylic acids is 2. The normalized spacial score (nSPS) is 12.3. The average molecular weight is 563 g/mol. The minimum Gasteiger partial charge on any atom is -0.354 e. The van der Waals surface area contributed by atoms with Crippen molar-refractivity contribution in [2.45, 2.75) is 39.8 Å². The molecule has 0 radical (unpaired) electrons. The fourth-order valence-corrected chi connectivity index (χ4v) is 4.91. The molecule has 1 N–H and O–H groups in total. The molecule has 0 aliphatic rings. The average Bonchev–Trinajstić information content (AvgIpc) is 2.77. The summed E-state index contributed by atoms with van der Waals surface area (Å²) in [6, 6.07) is 10.2. The number of hydrogen-bond acceptors (Lipinski definition) is 4. The molecule has 192 valence electrons. The first-order valence-electron chi connectivity index (χ1n) is 11.1. The zero-order valence-electron chi connectivity index (χ0n) is 20.1. The van der Waals surface area contributed by atoms with E-state index in [1.807, 2.05) is 13.8 Å². The molecule has 1 unspecified atom stereocenters. The number of nitrogens with zero attached hydrogens (tertiary/aromatic N) is 2. The molecule has 0 fully saturated rings. The van der Waals surface area contributed by atoms with Crippen molar-refractivity contribution in [2.75, 3.05) is 23.7 Å². The molecular weight excluding hydrogens is 533 g/mol. The van der Waals surface area contributed by atoms with E-state index in [9.17, 15) is 18.0 Å². The van der Waals surface area contributed by atoms with Crippen LogP contribution in [0.2, 0.25) is 15.1 Å². The maximum absolute atomic E-state index is 13.6. The van der Waals surface area contributed by atoms with Crippen molar-refractivity contribution in [3.63, 3.8) is 0 Å². The second-order valence-corrected chi connectivity index (χ2v) is 11.7. The molecule has 2 rings (SSSR count). The summed E-state index contributed by atoms with van der Waals surface area (Å²) < 4.78 is 26.2. The number of anilines is 1. The molecular formula is C24H30Cl3N3O4S. The molecule has 7 nitrogen and oxygen atoms in total. The largest absolute Gasteiger partial charge is 0.354 e. The van der Waals surface area contributed by atoms with Gasteiger partial charge in [-0.1, -0.05) is 61.6 Å². The zero-order chi connectivity index (χ0) is 26.3. The summed E-state index contributed by atoms with van der Waals surface area (Å²) >= 11 is 18.7. The minimum atomic E-state index is -3.83. The molecule has 0 heterocycles. The van der Waals surface area contributed by atoms with Gasteiger partial charge in [0.05, 0.1) is 11.9 Å². The first-order valence-corrected chi connectivity index (χ1v) is 14.1. The summed E-state index contributed by atoms with van der Waals surface area (Å²) in [4.78, 5) is 28.0. The highest BCUT2D eigenvalue weighted by atomic mass is 35.5. The van der Waals surface area contributed by atoms with Crippen LogP contribution in [0, 0.1) is 5.92 Å². The van der Waals surface area contributed by atoms with E-state index in [2.05, 4.69) is 5.32 Å². The molecule has 2 aromatic carbocycles. The number of hydrogen-bond donors (Lipinski definition) is 1. The second-order valence-electron chi connectivity index (χ2n) is 8.53. The first-order chi connectivity index (χ1) is 16.3. The van der Waals surface area contributed by atoms with Crippen molar-refractivity contribution in [3.05, 3.63) is 63.1 Å². The number of benzene rings is 2. The Labute approximate surface area is 222 Å². The smallest absolute Gasteiger partial charge is 0.244 e. The van der Waals surface area contributed by atoms with E-state index in [4.69, 9.17) is 34.8 Å². The van der Waals surface area contributed by atoms with Crippen molar-refractivity contribution in [1.29, 1.82) is 0 Å². The van der Waals surface area contributed by atoms with Crippen LogP contribution in [0.3, 0.4) is 0 Å². The van der Waals surface area contributed by atoms with Crippen molar-refractivity contribution in [3.8, 4) is 0 Å². The van der Waals surface area contributed by atoms with Gasteiger partial charge in [0.1, 0.15) is 12.6 Å². The third-order valence-electron chi connectivity index (χ3n) is 5.25. The van der Waals surface area contributed by atoms with Crippen LogP contribution in [0.4, 0.5) is 5.69 Å². The zero-order valence-corrected chi connectivity index (χ0v) is 23.2. The Morgan fingerprint density at radius 1 is 1.00 bits per heavy atom. The van der Waals surface area contributed by atoms with Crippen LogP contribution in [0.15, 0.2) is 42.5 Å². The Bertz CT molecular complexity index is 1120. The number of halogens is 3. The van der Waals surface area contributed by atoms with Crippen molar-refractivity contribution >= 4 is 62.3 Å². The quantitative estimate of drug-likeness (QED) is 0.418. The number of nitrogens with one attached hydrogen (secondary N) is 1. The van der Waals surface area contributed by atoms with Gasteiger partial charge in [-0.25, -0.2) is 8.42 Å². The van der Waals surface area contributed by atoms with Crippen LogP contribution in [0.1, 0.15) is 32.8 Å². The number of carbonyl (C=O) groups is 2. The topological polar surface area (TPSA) is 86.8 Å². The lowest BCUT2D eigenvalue weighted by Gasteiger charge is -2.33. The second kappa shape index (κ2) is 12.8. The van der Waals surface area contributed by atoms with Crippen molar-refractivity contribution in [1.82, 2.24) is 10.2 Å². The maximum Gasteiger partial charge on any atom is 0.244 e. The van der Waals surface area contributed by atoms with Gasteiger partial charge in [-0.15, -0.1) is 0 Å². The van der Waals surface area contributed by atoms with E-state index in [0.29, 0.717) is 33.6 Å². The van der Waals surface area contributed by atoms with Crippen LogP contribution in [-0.4, -0.2) is 50.5 Å². The lowest BCUT2D eigenvalue weighted by molar-refractivity contribution is -0.140. The molecule has 0 bridgehead atoms. The Kier molecular flexibility index (Phi) is 10.7. The molecule has 2 amide bonds. The third kappa shape index (κ3) is 8.27. The highest BCUT2D eigenvalue weighted by Crippen LogP contribution is 2.28. The maximum atomic E-state index is 13.6. The van der Waals surface area contributed by atoms with Crippen LogP contribution in [0.5, 0.6) is 0 Å². The lowest BCUT2D eigenvalue weighted by Crippen LogP contribution is -2.52. The fourth-order valence-electron chi connectivity index (χ4n) is 3.42. The first kappa shape index (κ1) is 29.2. The SMILES string of the molecule is CCC(C(=O)NCC(C)C)N(Cc1c(Cl)cccc1Cl)C(=O)CN(c1ccc(Cl)cc1)S(C)(=O)=O. The molecule has 0 aliphatic heterocycles. The predicted octanol–water partition coefficient (Wildman–Crippen LogP) is 4.99. The van der Waals surface area contributed by atoms with Gasteiger partial charge in [0, 0.05) is 33.7 Å². The Balaban J connectivity index is 2.47. The van der Waals surface area contributed by atoms with Gasteiger partial charge in [0.25, 0.3) is 0 Å². The third-order valence-corrected chi connectivity index (χ3v) is 7.36. The van der Waals surface area contributed by atoms with E-state index in [1.54, 1.807) is 25.1 Å². The monoisotopic (exact) mass is 561 g/mol. The van der Waals surface area contributed by atoms with E-state index >= 15 is 0 Å². The van der Waals surface area contributed by atoms with E-state index in [1.165, 1.54) is 29.2 Å². The van der Waals surface area contributed by atoms with Crippen LogP contribution < -0.4 is 9.62 Å². The highest BCUT2D eigenvalue weighted by molar-refractivity contribution is 7.92. The molecule has 0 saturated heterocycles. The molecule has 2 aromatic rings. The predicted molar refractivity (Wildman–Crippen MR) is 143 cm³/mol. The van der Waals surface area contributed by atoms with Crippen LogP contribution in [0.25, 0.3) is 0 Å². The van der Waals surface area contributed by atoms with E-state index < -0.39 is 28.5 Å². The van der Waals surface area contributed by atoms with E-state index in [0.717, 1.165) is 10.6 Å². The molecule has 1 atom stereocenters. The molecule has 0 saturated carbocycles. The van der Waals surface area contributed by atoms with Gasteiger partial charge in [0.2, 0.25) is 21.8 Å². The Hall–Kier alpha value is -2.00. The van der Waals surface area contributed by atoms with Gasteiger partial charge >= 0.3 is 0 Å². The lowest BCUT2D eigenvalue weighted by atomic mass is 10.1. The molecule has 0 aliphatic carbocycles. The summed E-state index contributed by atoms with van der Waals surface area (Å²) in [5.41, 5.74) is 0.745. The van der Waals surface area contributed by atoms with Gasteiger partial charge in [-0.3, -0.25) is 13.9 Å². The standard InChI is InChI=1S/C24H30Cl3N3O4S/c1-5-22(24(32)28-13-16(2)3)29(14-19-20(26)7-6-8-21(19)27)23(31)15-30(35(4,33)34)18-11-9-17(25)10-12-18/h6-12,16,22H,5,13-15H2,1-4H3,(H,28,32). The summed E-state index contributed by atoms with van der Waals surface area (Å²) in [5.74, 6) is -0.702. The van der Waals surface area contributed by atoms with Gasteiger partial charge in [-0.05, 0) is 48.7 Å². The minimum absolute atomic E-state index is 0.0663. The van der Waals surface area contributed by atoms with Crippen LogP contribution in [-0.2, 0) is 26.2 Å². The Morgan fingerprint density at radius 3 is 2.06 bits per heavy atom.